The predicted molar refractivity (Wildman–Crippen MR) is 72.5 cm³/mol. The van der Waals surface area contributed by atoms with E-state index in [1.807, 2.05) is 6.08 Å². The normalized spacial score (nSPS) is 31.0. The van der Waals surface area contributed by atoms with Gasteiger partial charge in [0, 0.05) is 24.4 Å². The number of hydrogen-bond donors (Lipinski definition) is 1. The van der Waals surface area contributed by atoms with Gasteiger partial charge in [-0.15, -0.1) is 6.58 Å². The van der Waals surface area contributed by atoms with Crippen molar-refractivity contribution in [3.05, 3.63) is 12.7 Å². The Kier molecular flexibility index (Phi) is 5.39. The molecule has 102 valence electrons. The maximum atomic E-state index is 12.2. The quantitative estimate of drug-likeness (QED) is 0.558. The van der Waals surface area contributed by atoms with E-state index in [9.17, 15) is 4.79 Å². The van der Waals surface area contributed by atoms with Crippen molar-refractivity contribution in [3.63, 3.8) is 0 Å². The molecule has 2 bridgehead atoms. The lowest BCUT2D eigenvalue weighted by Gasteiger charge is -2.39. The molecule has 2 atom stereocenters. The monoisotopic (exact) mass is 251 g/mol. The molecule has 0 aliphatic carbocycles. The van der Waals surface area contributed by atoms with E-state index in [1.165, 1.54) is 6.42 Å². The molecule has 0 amide bonds. The molecule has 2 aliphatic rings. The fourth-order valence-electron chi connectivity index (χ4n) is 3.07. The lowest BCUT2D eigenvalue weighted by atomic mass is 9.83. The van der Waals surface area contributed by atoms with E-state index in [0.29, 0.717) is 17.9 Å². The summed E-state index contributed by atoms with van der Waals surface area (Å²) >= 11 is 0. The van der Waals surface area contributed by atoms with E-state index in [2.05, 4.69) is 11.9 Å². The molecule has 0 radical (unpaired) electrons. The number of ketones is 1. The van der Waals surface area contributed by atoms with Crippen LogP contribution >= 0.6 is 0 Å². The van der Waals surface area contributed by atoms with Gasteiger partial charge in [-0.25, -0.2) is 0 Å². The standard InChI is InChI=1S/C15H25NO2/c1-2-3-4-5-6-7-15(17)12-8-13-10-18-11-14(9-12)16-13/h2,12-14,16H,1,3-11H2. The smallest absolute Gasteiger partial charge is 0.136 e. The third-order valence-electron chi connectivity index (χ3n) is 4.03. The van der Waals surface area contributed by atoms with Gasteiger partial charge in [0.15, 0.2) is 0 Å². The summed E-state index contributed by atoms with van der Waals surface area (Å²) in [6.45, 7) is 5.27. The van der Waals surface area contributed by atoms with Gasteiger partial charge in [-0.3, -0.25) is 4.79 Å². The molecule has 18 heavy (non-hydrogen) atoms. The van der Waals surface area contributed by atoms with Gasteiger partial charge in [-0.05, 0) is 32.1 Å². The summed E-state index contributed by atoms with van der Waals surface area (Å²) in [5.41, 5.74) is 0. The summed E-state index contributed by atoms with van der Waals surface area (Å²) in [6, 6.07) is 0.819. The molecule has 3 heteroatoms. The van der Waals surface area contributed by atoms with E-state index in [-0.39, 0.29) is 5.92 Å². The highest BCUT2D eigenvalue weighted by molar-refractivity contribution is 5.81. The van der Waals surface area contributed by atoms with Crippen molar-refractivity contribution in [2.24, 2.45) is 5.92 Å². The van der Waals surface area contributed by atoms with Crippen molar-refractivity contribution < 1.29 is 9.53 Å². The minimum atomic E-state index is 0.282. The molecule has 2 heterocycles. The molecule has 0 aromatic carbocycles. The van der Waals surface area contributed by atoms with Crippen LogP contribution in [0.15, 0.2) is 12.7 Å². The average molecular weight is 251 g/mol. The number of Topliss-reactive ketones (excluding diaryl/α,β-unsaturated/α-hetero) is 1. The summed E-state index contributed by atoms with van der Waals surface area (Å²) in [4.78, 5) is 12.2. The number of carbonyl (C=O) groups is 1. The van der Waals surface area contributed by atoms with Crippen LogP contribution in [-0.2, 0) is 9.53 Å². The molecule has 2 unspecified atom stereocenters. The van der Waals surface area contributed by atoms with E-state index in [1.54, 1.807) is 0 Å². The van der Waals surface area contributed by atoms with Crippen LogP contribution in [0.1, 0.15) is 44.9 Å². The summed E-state index contributed by atoms with van der Waals surface area (Å²) < 4.78 is 5.51. The Hall–Kier alpha value is -0.670. The van der Waals surface area contributed by atoms with E-state index in [4.69, 9.17) is 4.74 Å². The Balaban J connectivity index is 1.67. The van der Waals surface area contributed by atoms with Gasteiger partial charge in [0.25, 0.3) is 0 Å². The van der Waals surface area contributed by atoms with Crippen LogP contribution < -0.4 is 5.32 Å². The maximum absolute atomic E-state index is 12.2. The van der Waals surface area contributed by atoms with Gasteiger partial charge in [0.2, 0.25) is 0 Å². The van der Waals surface area contributed by atoms with Gasteiger partial charge in [-0.2, -0.15) is 0 Å². The molecule has 1 N–H and O–H groups in total. The van der Waals surface area contributed by atoms with Crippen LogP contribution in [0.3, 0.4) is 0 Å². The molecule has 0 spiro atoms. The highest BCUT2D eigenvalue weighted by Crippen LogP contribution is 2.26. The Bertz CT molecular complexity index is 278. The van der Waals surface area contributed by atoms with Gasteiger partial charge in [0.05, 0.1) is 13.2 Å². The van der Waals surface area contributed by atoms with Crippen LogP contribution in [0.4, 0.5) is 0 Å². The zero-order chi connectivity index (χ0) is 12.8. The Morgan fingerprint density at radius 2 is 1.94 bits per heavy atom. The van der Waals surface area contributed by atoms with Crippen LogP contribution in [-0.4, -0.2) is 31.1 Å². The molecule has 3 nitrogen and oxygen atoms in total. The van der Waals surface area contributed by atoms with Crippen LogP contribution in [0, 0.1) is 5.92 Å². The van der Waals surface area contributed by atoms with E-state index >= 15 is 0 Å². The molecule has 2 fully saturated rings. The lowest BCUT2D eigenvalue weighted by molar-refractivity contribution is -0.126. The third kappa shape index (κ3) is 3.92. The van der Waals surface area contributed by atoms with Gasteiger partial charge < -0.3 is 10.1 Å². The Morgan fingerprint density at radius 3 is 2.61 bits per heavy atom. The second kappa shape index (κ2) is 7.05. The molecule has 0 aromatic rings. The molecule has 2 aliphatic heterocycles. The van der Waals surface area contributed by atoms with Crippen molar-refractivity contribution in [2.75, 3.05) is 13.2 Å². The second-order valence-electron chi connectivity index (χ2n) is 5.62. The van der Waals surface area contributed by atoms with Crippen LogP contribution in [0.2, 0.25) is 0 Å². The predicted octanol–water partition coefficient (Wildman–Crippen LogP) is 2.46. The molecule has 2 saturated heterocycles. The largest absolute Gasteiger partial charge is 0.378 e. The minimum Gasteiger partial charge on any atom is -0.378 e. The number of fused-ring (bicyclic) bond motifs is 2. The van der Waals surface area contributed by atoms with Crippen LogP contribution in [0.5, 0.6) is 0 Å². The number of morpholine rings is 1. The summed E-state index contributed by atoms with van der Waals surface area (Å²) in [7, 11) is 0. The first-order valence-corrected chi connectivity index (χ1v) is 7.27. The Labute approximate surface area is 110 Å². The first kappa shape index (κ1) is 13.8. The summed E-state index contributed by atoms with van der Waals surface area (Å²) in [5, 5.41) is 3.53. The topological polar surface area (TPSA) is 38.3 Å². The molecular weight excluding hydrogens is 226 g/mol. The van der Waals surface area contributed by atoms with Crippen molar-refractivity contribution in [2.45, 2.75) is 57.0 Å². The maximum Gasteiger partial charge on any atom is 0.136 e. The first-order valence-electron chi connectivity index (χ1n) is 7.27. The highest BCUT2D eigenvalue weighted by Gasteiger charge is 2.34. The van der Waals surface area contributed by atoms with Gasteiger partial charge in [0.1, 0.15) is 5.78 Å². The zero-order valence-corrected chi connectivity index (χ0v) is 11.2. The molecular formula is C15H25NO2. The number of hydrogen-bond acceptors (Lipinski definition) is 3. The summed E-state index contributed by atoms with van der Waals surface area (Å²) in [5.74, 6) is 0.761. The van der Waals surface area contributed by atoms with Gasteiger partial charge in [-0.1, -0.05) is 12.5 Å². The number of rotatable bonds is 7. The molecule has 0 aromatic heterocycles. The number of nitrogens with one attached hydrogen (secondary N) is 1. The molecule has 2 rings (SSSR count). The number of piperidine rings is 1. The number of unbranched alkanes of at least 4 members (excludes halogenated alkanes) is 3. The fourth-order valence-corrected chi connectivity index (χ4v) is 3.07. The van der Waals surface area contributed by atoms with E-state index < -0.39 is 0 Å². The van der Waals surface area contributed by atoms with E-state index in [0.717, 1.165) is 51.7 Å². The number of ether oxygens (including phenoxy) is 1. The van der Waals surface area contributed by atoms with Crippen LogP contribution in [0.25, 0.3) is 0 Å². The average Bonchev–Trinajstić information content (AvgIpc) is 2.38. The highest BCUT2D eigenvalue weighted by atomic mass is 16.5. The third-order valence-corrected chi connectivity index (χ3v) is 4.03. The molecule has 0 saturated carbocycles. The number of allylic oxidation sites excluding steroid dienone is 1. The number of carbonyl (C=O) groups excluding carboxylic acids is 1. The summed E-state index contributed by atoms with van der Waals surface area (Å²) in [6.07, 6.45) is 9.11. The van der Waals surface area contributed by atoms with Gasteiger partial charge >= 0.3 is 0 Å². The SMILES string of the molecule is C=CCCCCCC(=O)C1CC2COCC(C1)N2. The minimum absolute atomic E-state index is 0.282. The lowest BCUT2D eigenvalue weighted by Crippen LogP contribution is -2.55. The first-order chi connectivity index (χ1) is 8.79. The second-order valence-corrected chi connectivity index (χ2v) is 5.62. The van der Waals surface area contributed by atoms with Crippen molar-refractivity contribution in [3.8, 4) is 0 Å². The van der Waals surface area contributed by atoms with Crippen molar-refractivity contribution in [1.29, 1.82) is 0 Å². The van der Waals surface area contributed by atoms with Crippen molar-refractivity contribution >= 4 is 5.78 Å². The zero-order valence-electron chi connectivity index (χ0n) is 11.2. The fraction of sp³-hybridized carbons (Fsp3) is 0.800. The Morgan fingerprint density at radius 1 is 1.22 bits per heavy atom. The van der Waals surface area contributed by atoms with Crippen molar-refractivity contribution in [1.82, 2.24) is 5.32 Å².